The first-order valence-corrected chi connectivity index (χ1v) is 7.64. The fourth-order valence-electron chi connectivity index (χ4n) is 2.21. The summed E-state index contributed by atoms with van der Waals surface area (Å²) in [5.74, 6) is 0.0264. The zero-order chi connectivity index (χ0) is 14.5. The molecule has 1 aromatic rings. The maximum absolute atomic E-state index is 12.3. The lowest BCUT2D eigenvalue weighted by atomic mass is 10.2. The van der Waals surface area contributed by atoms with Gasteiger partial charge in [0.05, 0.1) is 0 Å². The van der Waals surface area contributed by atoms with Crippen LogP contribution in [0, 0.1) is 0 Å². The van der Waals surface area contributed by atoms with Crippen LogP contribution in [0.1, 0.15) is 10.5 Å². The molecule has 0 spiro atoms. The minimum atomic E-state index is 0.0264. The van der Waals surface area contributed by atoms with Crippen molar-refractivity contribution in [1.82, 2.24) is 19.7 Å². The van der Waals surface area contributed by atoms with Gasteiger partial charge in [0.25, 0.3) is 5.91 Å². The number of rotatable bonds is 4. The van der Waals surface area contributed by atoms with Crippen LogP contribution in [0.15, 0.2) is 22.8 Å². The lowest BCUT2D eigenvalue weighted by Gasteiger charge is -2.35. The molecule has 0 atom stereocenters. The largest absolute Gasteiger partial charge is 0.335 e. The van der Waals surface area contributed by atoms with Crippen LogP contribution in [0.25, 0.3) is 0 Å². The van der Waals surface area contributed by atoms with Crippen LogP contribution in [0.4, 0.5) is 0 Å². The van der Waals surface area contributed by atoms with Crippen LogP contribution in [-0.2, 0) is 0 Å². The van der Waals surface area contributed by atoms with Gasteiger partial charge in [0, 0.05) is 39.3 Å². The van der Waals surface area contributed by atoms with Crippen LogP contribution in [0.3, 0.4) is 0 Å². The molecule has 2 rings (SSSR count). The van der Waals surface area contributed by atoms with Gasteiger partial charge >= 0.3 is 0 Å². The van der Waals surface area contributed by atoms with Crippen molar-refractivity contribution >= 4 is 21.8 Å². The molecule has 110 valence electrons. The number of amides is 1. The molecule has 0 bridgehead atoms. The zero-order valence-electron chi connectivity index (χ0n) is 12.0. The van der Waals surface area contributed by atoms with Crippen molar-refractivity contribution in [3.05, 3.63) is 28.5 Å². The van der Waals surface area contributed by atoms with E-state index < -0.39 is 0 Å². The van der Waals surface area contributed by atoms with Crippen molar-refractivity contribution < 1.29 is 4.79 Å². The molecule has 0 saturated carbocycles. The van der Waals surface area contributed by atoms with Gasteiger partial charge in [0.15, 0.2) is 0 Å². The summed E-state index contributed by atoms with van der Waals surface area (Å²) in [7, 11) is 4.16. The Balaban J connectivity index is 1.86. The molecular formula is C14H21BrN4O. The predicted octanol–water partition coefficient (Wildman–Crippen LogP) is 1.16. The number of pyridine rings is 1. The molecule has 1 aliphatic rings. The highest BCUT2D eigenvalue weighted by atomic mass is 79.9. The topological polar surface area (TPSA) is 39.7 Å². The van der Waals surface area contributed by atoms with E-state index in [1.165, 1.54) is 0 Å². The van der Waals surface area contributed by atoms with E-state index in [2.05, 4.69) is 44.8 Å². The molecule has 0 aliphatic carbocycles. The highest BCUT2D eigenvalue weighted by Gasteiger charge is 2.22. The normalized spacial score (nSPS) is 16.7. The molecule has 2 heterocycles. The number of hydrogen-bond acceptors (Lipinski definition) is 4. The quantitative estimate of drug-likeness (QED) is 0.771. The van der Waals surface area contributed by atoms with Gasteiger partial charge in [-0.15, -0.1) is 0 Å². The summed E-state index contributed by atoms with van der Waals surface area (Å²) < 4.78 is 0.702. The maximum Gasteiger partial charge on any atom is 0.272 e. The van der Waals surface area contributed by atoms with Crippen LogP contribution < -0.4 is 0 Å². The van der Waals surface area contributed by atoms with Crippen LogP contribution in [0.5, 0.6) is 0 Å². The minimum absolute atomic E-state index is 0.0264. The first-order valence-electron chi connectivity index (χ1n) is 6.85. The van der Waals surface area contributed by atoms with Crippen molar-refractivity contribution in [2.75, 3.05) is 53.4 Å². The third-order valence-corrected chi connectivity index (χ3v) is 3.90. The molecule has 0 aromatic carbocycles. The van der Waals surface area contributed by atoms with E-state index in [0.29, 0.717) is 10.3 Å². The number of halogens is 1. The molecule has 20 heavy (non-hydrogen) atoms. The average Bonchev–Trinajstić information content (AvgIpc) is 2.45. The third kappa shape index (κ3) is 4.26. The molecule has 1 saturated heterocycles. The van der Waals surface area contributed by atoms with Crippen LogP contribution in [0.2, 0.25) is 0 Å². The number of piperazine rings is 1. The first-order chi connectivity index (χ1) is 9.56. The van der Waals surface area contributed by atoms with E-state index in [9.17, 15) is 4.79 Å². The van der Waals surface area contributed by atoms with Gasteiger partial charge < -0.3 is 9.80 Å². The molecule has 1 amide bonds. The summed E-state index contributed by atoms with van der Waals surface area (Å²) >= 11 is 3.30. The van der Waals surface area contributed by atoms with Gasteiger partial charge in [-0.25, -0.2) is 4.98 Å². The highest BCUT2D eigenvalue weighted by Crippen LogP contribution is 2.10. The number of nitrogens with zero attached hydrogens (tertiary/aromatic N) is 4. The van der Waals surface area contributed by atoms with E-state index in [1.54, 1.807) is 6.07 Å². The average molecular weight is 341 g/mol. The van der Waals surface area contributed by atoms with Crippen molar-refractivity contribution in [3.63, 3.8) is 0 Å². The molecular weight excluding hydrogens is 320 g/mol. The summed E-state index contributed by atoms with van der Waals surface area (Å²) in [6, 6.07) is 5.44. The number of hydrogen-bond donors (Lipinski definition) is 0. The third-order valence-electron chi connectivity index (χ3n) is 3.46. The Morgan fingerprint density at radius 3 is 2.60 bits per heavy atom. The Labute approximate surface area is 128 Å². The first kappa shape index (κ1) is 15.4. The second kappa shape index (κ2) is 7.15. The minimum Gasteiger partial charge on any atom is -0.335 e. The fourth-order valence-corrected chi connectivity index (χ4v) is 2.55. The Morgan fingerprint density at radius 2 is 2.00 bits per heavy atom. The second-order valence-corrected chi connectivity index (χ2v) is 6.10. The van der Waals surface area contributed by atoms with Crippen molar-refractivity contribution in [3.8, 4) is 0 Å². The SMILES string of the molecule is CN(C)CCN1CCN(C(=O)c2cccc(Br)n2)CC1. The van der Waals surface area contributed by atoms with Crippen molar-refractivity contribution in [2.24, 2.45) is 0 Å². The summed E-state index contributed by atoms with van der Waals surface area (Å²) in [5, 5.41) is 0. The van der Waals surface area contributed by atoms with E-state index >= 15 is 0 Å². The van der Waals surface area contributed by atoms with E-state index in [0.717, 1.165) is 39.3 Å². The number of likely N-dealkylation sites (N-methyl/N-ethyl adjacent to an activating group) is 1. The lowest BCUT2D eigenvalue weighted by molar-refractivity contribution is 0.0624. The monoisotopic (exact) mass is 340 g/mol. The van der Waals surface area contributed by atoms with Gasteiger partial charge in [-0.1, -0.05) is 6.07 Å². The molecule has 1 aliphatic heterocycles. The molecule has 0 unspecified atom stereocenters. The molecule has 0 radical (unpaired) electrons. The lowest BCUT2D eigenvalue weighted by Crippen LogP contribution is -2.50. The van der Waals surface area contributed by atoms with Crippen molar-refractivity contribution in [1.29, 1.82) is 0 Å². The predicted molar refractivity (Wildman–Crippen MR) is 82.8 cm³/mol. The molecule has 5 nitrogen and oxygen atoms in total. The smallest absolute Gasteiger partial charge is 0.272 e. The summed E-state index contributed by atoms with van der Waals surface area (Å²) in [4.78, 5) is 23.0. The molecule has 1 fully saturated rings. The van der Waals surface area contributed by atoms with Gasteiger partial charge in [-0.3, -0.25) is 9.69 Å². The van der Waals surface area contributed by atoms with Crippen LogP contribution >= 0.6 is 15.9 Å². The van der Waals surface area contributed by atoms with Gasteiger partial charge in [-0.2, -0.15) is 0 Å². The summed E-state index contributed by atoms with van der Waals surface area (Å²) in [6.07, 6.45) is 0. The second-order valence-electron chi connectivity index (χ2n) is 5.28. The van der Waals surface area contributed by atoms with E-state index in [4.69, 9.17) is 0 Å². The number of carbonyl (C=O) groups is 1. The molecule has 0 N–H and O–H groups in total. The maximum atomic E-state index is 12.3. The highest BCUT2D eigenvalue weighted by molar-refractivity contribution is 9.10. The summed E-state index contributed by atoms with van der Waals surface area (Å²) in [6.45, 7) is 5.55. The van der Waals surface area contributed by atoms with E-state index in [-0.39, 0.29) is 5.91 Å². The standard InChI is InChI=1S/C14H21BrN4O/c1-17(2)6-7-18-8-10-19(11-9-18)14(20)12-4-3-5-13(15)16-12/h3-5H,6-11H2,1-2H3. The molecule has 6 heteroatoms. The van der Waals surface area contributed by atoms with Crippen LogP contribution in [-0.4, -0.2) is 79.0 Å². The fraction of sp³-hybridized carbons (Fsp3) is 0.571. The summed E-state index contributed by atoms with van der Waals surface area (Å²) in [5.41, 5.74) is 0.515. The Bertz CT molecular complexity index is 458. The van der Waals surface area contributed by atoms with E-state index in [1.807, 2.05) is 17.0 Å². The Hall–Kier alpha value is -0.980. The zero-order valence-corrected chi connectivity index (χ0v) is 13.6. The van der Waals surface area contributed by atoms with Gasteiger partial charge in [-0.05, 0) is 42.2 Å². The Kier molecular flexibility index (Phi) is 5.51. The van der Waals surface area contributed by atoms with Gasteiger partial charge in [0.2, 0.25) is 0 Å². The van der Waals surface area contributed by atoms with Crippen molar-refractivity contribution in [2.45, 2.75) is 0 Å². The van der Waals surface area contributed by atoms with Gasteiger partial charge in [0.1, 0.15) is 10.3 Å². The molecule has 1 aromatic heterocycles. The number of carbonyl (C=O) groups excluding carboxylic acids is 1. The Morgan fingerprint density at radius 1 is 1.30 bits per heavy atom. The number of aromatic nitrogens is 1.